The normalized spacial score (nSPS) is 12.3. The lowest BCUT2D eigenvalue weighted by atomic mass is 10.1. The summed E-state index contributed by atoms with van der Waals surface area (Å²) in [5, 5.41) is 3.16. The molecule has 2 aromatic rings. The Balaban J connectivity index is 2.41. The van der Waals surface area contributed by atoms with Crippen molar-refractivity contribution in [2.75, 3.05) is 30.2 Å². The first-order valence-corrected chi connectivity index (χ1v) is 14.6. The summed E-state index contributed by atoms with van der Waals surface area (Å²) in [6, 6.07) is 11.4. The highest BCUT2D eigenvalue weighted by molar-refractivity contribution is 7.92. The summed E-state index contributed by atoms with van der Waals surface area (Å²) in [6.07, 6.45) is 1.82. The zero-order valence-corrected chi connectivity index (χ0v) is 23.9. The van der Waals surface area contributed by atoms with Crippen LogP contribution in [-0.4, -0.2) is 57.1 Å². The number of sulfonamides is 1. The summed E-state index contributed by atoms with van der Waals surface area (Å²) in [5.74, 6) is -0.589. The Labute approximate surface area is 228 Å². The molecule has 0 saturated carbocycles. The van der Waals surface area contributed by atoms with Crippen molar-refractivity contribution in [2.45, 2.75) is 39.7 Å². The van der Waals surface area contributed by atoms with Crippen LogP contribution < -0.4 is 9.62 Å². The highest BCUT2D eigenvalue weighted by Crippen LogP contribution is 2.35. The molecule has 1 N–H and O–H groups in total. The van der Waals surface area contributed by atoms with Gasteiger partial charge in [0.25, 0.3) is 0 Å². The number of halogens is 3. The van der Waals surface area contributed by atoms with Gasteiger partial charge in [0.05, 0.1) is 27.0 Å². The lowest BCUT2D eigenvalue weighted by molar-refractivity contribution is -0.139. The number of rotatable bonds is 12. The molecule has 2 rings (SSSR count). The van der Waals surface area contributed by atoms with Gasteiger partial charge in [-0.2, -0.15) is 0 Å². The van der Waals surface area contributed by atoms with Crippen molar-refractivity contribution in [3.63, 3.8) is 0 Å². The molecule has 0 aliphatic carbocycles. The Hall–Kier alpha value is -2.00. The Morgan fingerprint density at radius 3 is 2.17 bits per heavy atom. The fourth-order valence-corrected chi connectivity index (χ4v) is 5.16. The zero-order valence-electron chi connectivity index (χ0n) is 20.8. The van der Waals surface area contributed by atoms with Crippen molar-refractivity contribution in [2.24, 2.45) is 5.92 Å². The van der Waals surface area contributed by atoms with Crippen LogP contribution in [0.3, 0.4) is 0 Å². The molecule has 11 heteroatoms. The fourth-order valence-electron chi connectivity index (χ4n) is 3.62. The smallest absolute Gasteiger partial charge is 0.244 e. The molecule has 0 bridgehead atoms. The molecular formula is C25H32Cl3N3O4S. The molecule has 0 spiro atoms. The van der Waals surface area contributed by atoms with E-state index < -0.39 is 28.5 Å². The summed E-state index contributed by atoms with van der Waals surface area (Å²) in [4.78, 5) is 28.1. The second kappa shape index (κ2) is 13.5. The lowest BCUT2D eigenvalue weighted by Crippen LogP contribution is -2.53. The molecular weight excluding hydrogens is 545 g/mol. The third-order valence-electron chi connectivity index (χ3n) is 5.49. The van der Waals surface area contributed by atoms with E-state index in [0.717, 1.165) is 16.1 Å². The van der Waals surface area contributed by atoms with Crippen LogP contribution in [0.4, 0.5) is 5.69 Å². The predicted molar refractivity (Wildman–Crippen MR) is 147 cm³/mol. The molecule has 36 heavy (non-hydrogen) atoms. The summed E-state index contributed by atoms with van der Waals surface area (Å²) in [5.41, 5.74) is 1.02. The molecule has 0 fully saturated rings. The van der Waals surface area contributed by atoms with Crippen LogP contribution in [0.1, 0.15) is 32.8 Å². The molecule has 198 valence electrons. The van der Waals surface area contributed by atoms with Gasteiger partial charge in [-0.05, 0) is 36.5 Å². The molecule has 0 heterocycles. The Bertz CT molecular complexity index is 1160. The van der Waals surface area contributed by atoms with Gasteiger partial charge in [0.2, 0.25) is 21.8 Å². The second-order valence-electron chi connectivity index (χ2n) is 8.87. The number of hydrogen-bond donors (Lipinski definition) is 1. The topological polar surface area (TPSA) is 86.8 Å². The van der Waals surface area contributed by atoms with Gasteiger partial charge in [0.15, 0.2) is 0 Å². The number of carbonyl (C=O) groups excluding carboxylic acids is 2. The highest BCUT2D eigenvalue weighted by atomic mass is 35.5. The second-order valence-corrected chi connectivity index (χ2v) is 12.0. The van der Waals surface area contributed by atoms with E-state index in [2.05, 4.69) is 5.32 Å². The van der Waals surface area contributed by atoms with Crippen LogP contribution in [0, 0.1) is 5.92 Å². The van der Waals surface area contributed by atoms with Crippen molar-refractivity contribution >= 4 is 62.3 Å². The van der Waals surface area contributed by atoms with Crippen molar-refractivity contribution in [3.05, 3.63) is 63.1 Å². The number of benzene rings is 2. The number of amides is 2. The van der Waals surface area contributed by atoms with E-state index in [-0.39, 0.29) is 39.1 Å². The first-order chi connectivity index (χ1) is 16.8. The van der Waals surface area contributed by atoms with Crippen LogP contribution >= 0.6 is 34.8 Å². The average Bonchev–Trinajstić information content (AvgIpc) is 2.81. The fraction of sp³-hybridized carbons (Fsp3) is 0.440. The summed E-state index contributed by atoms with van der Waals surface area (Å²) >= 11 is 18.4. The van der Waals surface area contributed by atoms with Crippen LogP contribution in [-0.2, 0) is 26.0 Å². The molecule has 7 nitrogen and oxygen atoms in total. The van der Waals surface area contributed by atoms with Crippen molar-refractivity contribution in [3.8, 4) is 0 Å². The number of carbonyl (C=O) groups is 2. The average molecular weight is 577 g/mol. The molecule has 2 aromatic carbocycles. The van der Waals surface area contributed by atoms with Crippen LogP contribution in [0.15, 0.2) is 42.5 Å². The summed E-state index contributed by atoms with van der Waals surface area (Å²) in [6.45, 7) is 5.90. The van der Waals surface area contributed by atoms with Gasteiger partial charge in [-0.3, -0.25) is 13.9 Å². The minimum Gasteiger partial charge on any atom is -0.354 e. The van der Waals surface area contributed by atoms with Crippen LogP contribution in [0.5, 0.6) is 0 Å². The number of nitrogens with zero attached hydrogens (tertiary/aromatic N) is 2. The van der Waals surface area contributed by atoms with Gasteiger partial charge in [-0.15, -0.1) is 0 Å². The van der Waals surface area contributed by atoms with Crippen molar-refractivity contribution in [1.82, 2.24) is 10.2 Å². The summed E-state index contributed by atoms with van der Waals surface area (Å²) < 4.78 is 26.3. The SMILES string of the molecule is CCC(C(=O)NCC(C)C)N(CCc1ccccc1)C(=O)CN(c1cc(Cl)c(Cl)cc1Cl)S(C)(=O)=O. The molecule has 1 atom stereocenters. The first kappa shape index (κ1) is 30.2. The molecule has 0 aromatic heterocycles. The molecule has 0 aliphatic rings. The van der Waals surface area contributed by atoms with Crippen LogP contribution in [0.2, 0.25) is 15.1 Å². The van der Waals surface area contributed by atoms with Crippen molar-refractivity contribution in [1.29, 1.82) is 0 Å². The minimum absolute atomic E-state index is 0.0279. The Morgan fingerprint density at radius 2 is 1.61 bits per heavy atom. The number of anilines is 1. The largest absolute Gasteiger partial charge is 0.354 e. The van der Waals surface area contributed by atoms with E-state index in [1.807, 2.05) is 51.1 Å². The molecule has 0 saturated heterocycles. The summed E-state index contributed by atoms with van der Waals surface area (Å²) in [7, 11) is -3.94. The van der Waals surface area contributed by atoms with E-state index in [1.165, 1.54) is 17.0 Å². The maximum atomic E-state index is 13.6. The molecule has 0 radical (unpaired) electrons. The maximum Gasteiger partial charge on any atom is 0.244 e. The number of hydrogen-bond acceptors (Lipinski definition) is 4. The van der Waals surface area contributed by atoms with Gasteiger partial charge >= 0.3 is 0 Å². The predicted octanol–water partition coefficient (Wildman–Crippen LogP) is 5.03. The zero-order chi connectivity index (χ0) is 27.0. The quantitative estimate of drug-likeness (QED) is 0.359. The van der Waals surface area contributed by atoms with E-state index in [0.29, 0.717) is 19.4 Å². The third kappa shape index (κ3) is 8.54. The van der Waals surface area contributed by atoms with E-state index in [9.17, 15) is 18.0 Å². The molecule has 0 aliphatic heterocycles. The Morgan fingerprint density at radius 1 is 1.00 bits per heavy atom. The molecule has 1 unspecified atom stereocenters. The van der Waals surface area contributed by atoms with E-state index in [1.54, 1.807) is 0 Å². The van der Waals surface area contributed by atoms with Crippen molar-refractivity contribution < 1.29 is 18.0 Å². The Kier molecular flexibility index (Phi) is 11.3. The van der Waals surface area contributed by atoms with Gasteiger partial charge in [0, 0.05) is 13.1 Å². The highest BCUT2D eigenvalue weighted by Gasteiger charge is 2.32. The monoisotopic (exact) mass is 575 g/mol. The van der Waals surface area contributed by atoms with E-state index in [4.69, 9.17) is 34.8 Å². The minimum atomic E-state index is -3.94. The standard InChI is InChI=1S/C25H32Cl3N3O4S/c1-5-22(25(33)29-15-17(2)3)30(12-11-18-9-7-6-8-10-18)24(32)16-31(36(4,34)35)23-14-20(27)19(26)13-21(23)28/h6-10,13-14,17,22H,5,11-12,15-16H2,1-4H3,(H,29,33). The van der Waals surface area contributed by atoms with Gasteiger partial charge < -0.3 is 10.2 Å². The maximum absolute atomic E-state index is 13.6. The first-order valence-electron chi connectivity index (χ1n) is 11.6. The van der Waals surface area contributed by atoms with E-state index >= 15 is 0 Å². The third-order valence-corrected chi connectivity index (χ3v) is 7.64. The lowest BCUT2D eigenvalue weighted by Gasteiger charge is -2.33. The van der Waals surface area contributed by atoms with Gasteiger partial charge in [-0.25, -0.2) is 8.42 Å². The van der Waals surface area contributed by atoms with Gasteiger partial charge in [-0.1, -0.05) is 85.9 Å². The van der Waals surface area contributed by atoms with Gasteiger partial charge in [0.1, 0.15) is 12.6 Å². The molecule has 2 amide bonds. The number of nitrogens with one attached hydrogen (secondary N) is 1. The van der Waals surface area contributed by atoms with Crippen LogP contribution in [0.25, 0.3) is 0 Å².